The summed E-state index contributed by atoms with van der Waals surface area (Å²) in [5.41, 5.74) is -0.0785. The van der Waals surface area contributed by atoms with Crippen molar-refractivity contribution in [3.8, 4) is 0 Å². The molecule has 2 bridgehead atoms. The van der Waals surface area contributed by atoms with E-state index in [1.807, 2.05) is 0 Å². The minimum Gasteiger partial charge on any atom is -0.349 e. The molecule has 2 aliphatic rings. The second-order valence-corrected chi connectivity index (χ2v) is 5.29. The molecule has 3 heterocycles. The molecule has 3 rings (SSSR count). The maximum absolute atomic E-state index is 11.9. The highest BCUT2D eigenvalue weighted by atomic mass is 16.1. The standard InChI is InChI=1S/C13H20N4O/c1-2-17(12-13(18)15-6-5-14-12)11-7-9-3-4-10(8-11)16-9/h5-6,9-11,16H,2-4,7-8H2,1H3,(H,15,18). The molecule has 5 nitrogen and oxygen atoms in total. The van der Waals surface area contributed by atoms with Gasteiger partial charge in [-0.1, -0.05) is 0 Å². The van der Waals surface area contributed by atoms with Crippen LogP contribution in [0, 0.1) is 0 Å². The number of H-pyrrole nitrogens is 1. The minimum atomic E-state index is -0.0785. The topological polar surface area (TPSA) is 61.0 Å². The Morgan fingerprint density at radius 3 is 2.72 bits per heavy atom. The Hall–Kier alpha value is -1.36. The number of piperidine rings is 1. The summed E-state index contributed by atoms with van der Waals surface area (Å²) >= 11 is 0. The lowest BCUT2D eigenvalue weighted by Gasteiger charge is -2.37. The zero-order valence-corrected chi connectivity index (χ0v) is 10.7. The van der Waals surface area contributed by atoms with E-state index in [4.69, 9.17) is 0 Å². The largest absolute Gasteiger partial charge is 0.349 e. The van der Waals surface area contributed by atoms with Gasteiger partial charge in [0.05, 0.1) is 0 Å². The van der Waals surface area contributed by atoms with Gasteiger partial charge < -0.3 is 15.2 Å². The third kappa shape index (κ3) is 2.03. The summed E-state index contributed by atoms with van der Waals surface area (Å²) in [6, 6.07) is 1.71. The first-order valence-corrected chi connectivity index (χ1v) is 6.84. The average molecular weight is 248 g/mol. The Bertz CT molecular complexity index is 460. The van der Waals surface area contributed by atoms with Crippen molar-refractivity contribution in [1.82, 2.24) is 15.3 Å². The van der Waals surface area contributed by atoms with E-state index in [2.05, 4.69) is 27.1 Å². The van der Waals surface area contributed by atoms with E-state index in [0.29, 0.717) is 23.9 Å². The SMILES string of the molecule is CCN(c1ncc[nH]c1=O)C1CC2CCC(C1)N2. The van der Waals surface area contributed by atoms with Crippen LogP contribution in [-0.4, -0.2) is 34.6 Å². The molecule has 18 heavy (non-hydrogen) atoms. The van der Waals surface area contributed by atoms with Crippen LogP contribution in [-0.2, 0) is 0 Å². The van der Waals surface area contributed by atoms with E-state index in [1.54, 1.807) is 12.4 Å². The van der Waals surface area contributed by atoms with Gasteiger partial charge in [0.2, 0.25) is 0 Å². The van der Waals surface area contributed by atoms with Crippen LogP contribution in [0.4, 0.5) is 5.82 Å². The lowest BCUT2D eigenvalue weighted by molar-refractivity contribution is 0.347. The van der Waals surface area contributed by atoms with E-state index in [0.717, 1.165) is 19.4 Å². The van der Waals surface area contributed by atoms with Crippen molar-refractivity contribution in [3.63, 3.8) is 0 Å². The number of fused-ring (bicyclic) bond motifs is 2. The molecule has 0 saturated carbocycles. The molecule has 2 aliphatic heterocycles. The molecule has 2 atom stereocenters. The third-order valence-electron chi connectivity index (χ3n) is 4.19. The molecule has 0 aromatic carbocycles. The number of anilines is 1. The average Bonchev–Trinajstić information content (AvgIpc) is 2.72. The Morgan fingerprint density at radius 2 is 2.11 bits per heavy atom. The van der Waals surface area contributed by atoms with E-state index in [9.17, 15) is 4.79 Å². The van der Waals surface area contributed by atoms with Crippen molar-refractivity contribution >= 4 is 5.82 Å². The molecule has 2 unspecified atom stereocenters. The van der Waals surface area contributed by atoms with E-state index in [-0.39, 0.29) is 5.56 Å². The normalized spacial score (nSPS) is 30.4. The van der Waals surface area contributed by atoms with E-state index in [1.165, 1.54) is 12.8 Å². The highest BCUT2D eigenvalue weighted by Crippen LogP contribution is 2.30. The molecule has 2 fully saturated rings. The smallest absolute Gasteiger partial charge is 0.290 e. The Morgan fingerprint density at radius 1 is 1.39 bits per heavy atom. The summed E-state index contributed by atoms with van der Waals surface area (Å²) in [4.78, 5) is 21.0. The van der Waals surface area contributed by atoms with Crippen LogP contribution in [0.15, 0.2) is 17.2 Å². The van der Waals surface area contributed by atoms with Gasteiger partial charge in [0.15, 0.2) is 5.82 Å². The third-order valence-corrected chi connectivity index (χ3v) is 4.19. The molecule has 0 radical (unpaired) electrons. The Labute approximate surface area is 107 Å². The molecule has 2 N–H and O–H groups in total. The summed E-state index contributed by atoms with van der Waals surface area (Å²) < 4.78 is 0. The molecule has 5 heteroatoms. The van der Waals surface area contributed by atoms with Crippen molar-refractivity contribution in [2.24, 2.45) is 0 Å². The number of rotatable bonds is 3. The summed E-state index contributed by atoms with van der Waals surface area (Å²) in [6.45, 7) is 2.93. The highest BCUT2D eigenvalue weighted by Gasteiger charge is 2.36. The number of nitrogens with zero attached hydrogens (tertiary/aromatic N) is 2. The molecule has 1 aromatic rings. The monoisotopic (exact) mass is 248 g/mol. The van der Waals surface area contributed by atoms with Crippen LogP contribution < -0.4 is 15.8 Å². The first kappa shape index (κ1) is 11.7. The highest BCUT2D eigenvalue weighted by molar-refractivity contribution is 5.37. The van der Waals surface area contributed by atoms with Crippen LogP contribution in [0.3, 0.4) is 0 Å². The number of hydrogen-bond acceptors (Lipinski definition) is 4. The quantitative estimate of drug-likeness (QED) is 0.833. The lowest BCUT2D eigenvalue weighted by Crippen LogP contribution is -2.49. The molecular weight excluding hydrogens is 228 g/mol. The number of hydrogen-bond donors (Lipinski definition) is 2. The van der Waals surface area contributed by atoms with Crippen LogP contribution in [0.2, 0.25) is 0 Å². The maximum atomic E-state index is 11.9. The number of aromatic nitrogens is 2. The number of aromatic amines is 1. The second-order valence-electron chi connectivity index (χ2n) is 5.29. The van der Waals surface area contributed by atoms with Crippen LogP contribution in [0.5, 0.6) is 0 Å². The summed E-state index contributed by atoms with van der Waals surface area (Å²) in [7, 11) is 0. The number of nitrogens with one attached hydrogen (secondary N) is 2. The van der Waals surface area contributed by atoms with Gasteiger partial charge in [0, 0.05) is 37.1 Å². The van der Waals surface area contributed by atoms with Crippen molar-refractivity contribution in [3.05, 3.63) is 22.7 Å². The predicted molar refractivity (Wildman–Crippen MR) is 70.8 cm³/mol. The van der Waals surface area contributed by atoms with Crippen molar-refractivity contribution in [1.29, 1.82) is 0 Å². The van der Waals surface area contributed by atoms with E-state index < -0.39 is 0 Å². The molecule has 0 aliphatic carbocycles. The summed E-state index contributed by atoms with van der Waals surface area (Å²) in [5.74, 6) is 0.575. The summed E-state index contributed by atoms with van der Waals surface area (Å²) in [5, 5.41) is 3.63. The van der Waals surface area contributed by atoms with Crippen LogP contribution in [0.25, 0.3) is 0 Å². The van der Waals surface area contributed by atoms with Gasteiger partial charge in [0.1, 0.15) is 0 Å². The van der Waals surface area contributed by atoms with Gasteiger partial charge in [0.25, 0.3) is 5.56 Å². The van der Waals surface area contributed by atoms with Gasteiger partial charge in [-0.05, 0) is 32.6 Å². The molecule has 0 spiro atoms. The van der Waals surface area contributed by atoms with Gasteiger partial charge in [-0.2, -0.15) is 0 Å². The van der Waals surface area contributed by atoms with Crippen molar-refractivity contribution < 1.29 is 0 Å². The van der Waals surface area contributed by atoms with Gasteiger partial charge >= 0.3 is 0 Å². The molecule has 0 amide bonds. The van der Waals surface area contributed by atoms with E-state index >= 15 is 0 Å². The molecule has 2 saturated heterocycles. The second kappa shape index (κ2) is 4.72. The fourth-order valence-electron chi connectivity index (χ4n) is 3.41. The maximum Gasteiger partial charge on any atom is 0.290 e. The van der Waals surface area contributed by atoms with Crippen molar-refractivity contribution in [2.75, 3.05) is 11.4 Å². The minimum absolute atomic E-state index is 0.0785. The zero-order valence-electron chi connectivity index (χ0n) is 10.7. The zero-order chi connectivity index (χ0) is 12.5. The van der Waals surface area contributed by atoms with Gasteiger partial charge in [-0.3, -0.25) is 4.79 Å². The first-order valence-electron chi connectivity index (χ1n) is 6.84. The van der Waals surface area contributed by atoms with Crippen molar-refractivity contribution in [2.45, 2.75) is 50.7 Å². The predicted octanol–water partition coefficient (Wildman–Crippen LogP) is 0.879. The Balaban J connectivity index is 1.85. The molecule has 1 aromatic heterocycles. The molecule has 98 valence electrons. The Kier molecular flexibility index (Phi) is 3.07. The fraction of sp³-hybridized carbons (Fsp3) is 0.692. The van der Waals surface area contributed by atoms with Crippen LogP contribution >= 0.6 is 0 Å². The lowest BCUT2D eigenvalue weighted by atomic mass is 9.98. The molecular formula is C13H20N4O. The summed E-state index contributed by atoms with van der Waals surface area (Å²) in [6.07, 6.45) is 8.05. The van der Waals surface area contributed by atoms with Gasteiger partial charge in [-0.15, -0.1) is 0 Å². The van der Waals surface area contributed by atoms with Crippen LogP contribution in [0.1, 0.15) is 32.6 Å². The first-order chi connectivity index (χ1) is 8.78. The van der Waals surface area contributed by atoms with Gasteiger partial charge in [-0.25, -0.2) is 4.98 Å². The fourth-order valence-corrected chi connectivity index (χ4v) is 3.41.